The van der Waals surface area contributed by atoms with Crippen LogP contribution in [0.1, 0.15) is 43.7 Å². The van der Waals surface area contributed by atoms with Gasteiger partial charge < -0.3 is 5.32 Å². The molecular formula is C23H25ClN4O3. The van der Waals surface area contributed by atoms with Gasteiger partial charge in [-0.2, -0.15) is 0 Å². The van der Waals surface area contributed by atoms with Crippen LogP contribution in [-0.4, -0.2) is 20.0 Å². The third-order valence-corrected chi connectivity index (χ3v) is 6.71. The predicted molar refractivity (Wildman–Crippen MR) is 122 cm³/mol. The number of benzene rings is 1. The lowest BCUT2D eigenvalue weighted by molar-refractivity contribution is -0.121. The lowest BCUT2D eigenvalue weighted by Crippen LogP contribution is -2.40. The van der Waals surface area contributed by atoms with Crippen LogP contribution < -0.4 is 16.6 Å². The molecule has 1 fully saturated rings. The summed E-state index contributed by atoms with van der Waals surface area (Å²) in [5, 5.41) is 3.95. The summed E-state index contributed by atoms with van der Waals surface area (Å²) in [6.45, 7) is 1.94. The molecule has 0 saturated heterocycles. The number of amides is 1. The van der Waals surface area contributed by atoms with Crippen LogP contribution in [0.5, 0.6) is 0 Å². The molecule has 1 aliphatic rings. The minimum atomic E-state index is -0.683. The van der Waals surface area contributed by atoms with Crippen LogP contribution in [0.15, 0.2) is 40.1 Å². The number of hydrogen-bond acceptors (Lipinski definition) is 4. The van der Waals surface area contributed by atoms with E-state index in [-0.39, 0.29) is 16.9 Å². The highest BCUT2D eigenvalue weighted by Crippen LogP contribution is 2.42. The van der Waals surface area contributed by atoms with E-state index in [9.17, 15) is 14.4 Å². The molecule has 2 heterocycles. The first kappa shape index (κ1) is 21.3. The summed E-state index contributed by atoms with van der Waals surface area (Å²) in [7, 11) is 3.00. The van der Waals surface area contributed by atoms with E-state index in [4.69, 9.17) is 11.6 Å². The number of hydrogen-bond donors (Lipinski definition) is 1. The summed E-state index contributed by atoms with van der Waals surface area (Å²) in [6.07, 6.45) is 5.55. The Kier molecular flexibility index (Phi) is 5.47. The maximum atomic E-state index is 13.7. The number of nitrogens with zero attached hydrogens (tertiary/aromatic N) is 3. The summed E-state index contributed by atoms with van der Waals surface area (Å²) in [5.41, 5.74) is 0.756. The van der Waals surface area contributed by atoms with Crippen molar-refractivity contribution in [3.05, 3.63) is 67.4 Å². The molecule has 1 aromatic carbocycles. The molecule has 0 aliphatic heterocycles. The smallest absolute Gasteiger partial charge is 0.324 e. The van der Waals surface area contributed by atoms with Crippen LogP contribution in [0, 0.1) is 0 Å². The first-order valence-corrected chi connectivity index (χ1v) is 10.8. The van der Waals surface area contributed by atoms with Crippen molar-refractivity contribution in [1.82, 2.24) is 14.1 Å². The maximum Gasteiger partial charge on any atom is 0.332 e. The minimum absolute atomic E-state index is 0.148. The Morgan fingerprint density at radius 2 is 1.77 bits per heavy atom. The average Bonchev–Trinajstić information content (AvgIpc) is 3.27. The van der Waals surface area contributed by atoms with Crippen molar-refractivity contribution in [2.24, 2.45) is 14.1 Å². The fourth-order valence-electron chi connectivity index (χ4n) is 4.61. The third-order valence-electron chi connectivity index (χ3n) is 6.46. The number of anilines is 1. The van der Waals surface area contributed by atoms with Gasteiger partial charge in [-0.25, -0.2) is 9.78 Å². The SMILES string of the molecule is CCc1cnc2c(c1NC(=O)C1(c3ccc(Cl)cc3)CCCC1)c(=O)n(C)c(=O)n2C. The van der Waals surface area contributed by atoms with E-state index in [1.54, 1.807) is 25.4 Å². The van der Waals surface area contributed by atoms with Crippen LogP contribution in [-0.2, 0) is 30.7 Å². The van der Waals surface area contributed by atoms with Gasteiger partial charge in [0, 0.05) is 25.3 Å². The van der Waals surface area contributed by atoms with Gasteiger partial charge in [0.1, 0.15) is 5.39 Å². The molecule has 1 N–H and O–H groups in total. The molecule has 8 heteroatoms. The Labute approximate surface area is 184 Å². The molecule has 0 unspecified atom stereocenters. The van der Waals surface area contributed by atoms with E-state index >= 15 is 0 Å². The van der Waals surface area contributed by atoms with Crippen molar-refractivity contribution in [3.63, 3.8) is 0 Å². The second-order valence-electron chi connectivity index (χ2n) is 8.17. The number of halogens is 1. The molecule has 31 heavy (non-hydrogen) atoms. The molecule has 162 valence electrons. The van der Waals surface area contributed by atoms with Crippen molar-refractivity contribution in [2.45, 2.75) is 44.4 Å². The Balaban J connectivity index is 1.89. The van der Waals surface area contributed by atoms with E-state index < -0.39 is 16.7 Å². The lowest BCUT2D eigenvalue weighted by atomic mass is 9.78. The maximum absolute atomic E-state index is 13.7. The number of nitrogens with one attached hydrogen (secondary N) is 1. The fraction of sp³-hybridized carbons (Fsp3) is 0.391. The first-order valence-electron chi connectivity index (χ1n) is 10.4. The highest BCUT2D eigenvalue weighted by atomic mass is 35.5. The molecule has 2 aromatic heterocycles. The molecule has 0 radical (unpaired) electrons. The van der Waals surface area contributed by atoms with Gasteiger partial charge in [0.05, 0.1) is 11.1 Å². The molecule has 4 rings (SSSR count). The molecule has 0 spiro atoms. The van der Waals surface area contributed by atoms with E-state index in [0.29, 0.717) is 17.1 Å². The molecule has 1 amide bonds. The molecule has 7 nitrogen and oxygen atoms in total. The fourth-order valence-corrected chi connectivity index (χ4v) is 4.73. The van der Waals surface area contributed by atoms with Crippen molar-refractivity contribution in [3.8, 4) is 0 Å². The van der Waals surface area contributed by atoms with Gasteiger partial charge in [-0.15, -0.1) is 0 Å². The summed E-state index contributed by atoms with van der Waals surface area (Å²) in [5.74, 6) is -0.148. The van der Waals surface area contributed by atoms with Gasteiger partial charge in [-0.05, 0) is 42.5 Å². The van der Waals surface area contributed by atoms with Crippen molar-refractivity contribution >= 4 is 34.2 Å². The Morgan fingerprint density at radius 1 is 1.13 bits per heavy atom. The standard InChI is InChI=1S/C23H25ClN4O3/c1-4-14-13-25-19-17(20(29)28(3)22(31)27(19)2)18(14)26-21(30)23(11-5-6-12-23)15-7-9-16(24)10-8-15/h7-10,13H,4-6,11-12H2,1-3H3,(H,25,26,30). The highest BCUT2D eigenvalue weighted by Gasteiger charge is 2.43. The molecule has 1 aliphatic carbocycles. The summed E-state index contributed by atoms with van der Waals surface area (Å²) in [4.78, 5) is 43.5. The highest BCUT2D eigenvalue weighted by molar-refractivity contribution is 6.30. The zero-order valence-electron chi connectivity index (χ0n) is 17.9. The number of fused-ring (bicyclic) bond motifs is 1. The molecule has 3 aromatic rings. The Bertz CT molecular complexity index is 1290. The monoisotopic (exact) mass is 440 g/mol. The molecular weight excluding hydrogens is 416 g/mol. The molecule has 0 atom stereocenters. The van der Waals surface area contributed by atoms with E-state index in [1.165, 1.54) is 11.6 Å². The van der Waals surface area contributed by atoms with E-state index in [1.807, 2.05) is 19.1 Å². The van der Waals surface area contributed by atoms with Crippen LogP contribution in [0.4, 0.5) is 5.69 Å². The number of pyridine rings is 1. The van der Waals surface area contributed by atoms with Crippen molar-refractivity contribution in [1.29, 1.82) is 0 Å². The second-order valence-corrected chi connectivity index (χ2v) is 8.60. The van der Waals surface area contributed by atoms with E-state index in [0.717, 1.165) is 41.4 Å². The Morgan fingerprint density at radius 3 is 2.39 bits per heavy atom. The van der Waals surface area contributed by atoms with Gasteiger partial charge in [-0.3, -0.25) is 18.7 Å². The number of carbonyl (C=O) groups is 1. The minimum Gasteiger partial charge on any atom is -0.324 e. The van der Waals surface area contributed by atoms with Gasteiger partial charge in [0.15, 0.2) is 5.65 Å². The van der Waals surface area contributed by atoms with Crippen LogP contribution in [0.25, 0.3) is 11.0 Å². The summed E-state index contributed by atoms with van der Waals surface area (Å²) < 4.78 is 2.38. The number of aryl methyl sites for hydroxylation is 2. The lowest BCUT2D eigenvalue weighted by Gasteiger charge is -2.29. The van der Waals surface area contributed by atoms with Crippen LogP contribution in [0.3, 0.4) is 0 Å². The van der Waals surface area contributed by atoms with Gasteiger partial charge in [0.25, 0.3) is 5.56 Å². The normalized spacial score (nSPS) is 15.4. The number of carbonyl (C=O) groups excluding carboxylic acids is 1. The van der Waals surface area contributed by atoms with Gasteiger partial charge >= 0.3 is 5.69 Å². The predicted octanol–water partition coefficient (Wildman–Crippen LogP) is 3.30. The zero-order valence-corrected chi connectivity index (χ0v) is 18.6. The number of rotatable bonds is 4. The van der Waals surface area contributed by atoms with Crippen molar-refractivity contribution in [2.75, 3.05) is 5.32 Å². The topological polar surface area (TPSA) is 86.0 Å². The molecule has 1 saturated carbocycles. The zero-order chi connectivity index (χ0) is 22.3. The quantitative estimate of drug-likeness (QED) is 0.674. The van der Waals surface area contributed by atoms with Crippen molar-refractivity contribution < 1.29 is 4.79 Å². The second kappa shape index (κ2) is 7.96. The van der Waals surface area contributed by atoms with Gasteiger partial charge in [0.2, 0.25) is 5.91 Å². The summed E-state index contributed by atoms with van der Waals surface area (Å²) in [6, 6.07) is 7.41. The Hall–Kier alpha value is -2.93. The van der Waals surface area contributed by atoms with Crippen LogP contribution in [0.2, 0.25) is 5.02 Å². The van der Waals surface area contributed by atoms with Gasteiger partial charge in [-0.1, -0.05) is 43.5 Å². The molecule has 0 bridgehead atoms. The summed E-state index contributed by atoms with van der Waals surface area (Å²) >= 11 is 6.07. The van der Waals surface area contributed by atoms with Crippen LogP contribution >= 0.6 is 11.6 Å². The first-order chi connectivity index (χ1) is 14.8. The largest absolute Gasteiger partial charge is 0.332 e. The number of aromatic nitrogens is 3. The average molecular weight is 441 g/mol. The third kappa shape index (κ3) is 3.37. The van der Waals surface area contributed by atoms with E-state index in [2.05, 4.69) is 10.3 Å².